The summed E-state index contributed by atoms with van der Waals surface area (Å²) in [5.74, 6) is 6.47. The van der Waals surface area contributed by atoms with Crippen LogP contribution < -0.4 is 4.40 Å². The van der Waals surface area contributed by atoms with E-state index in [0.29, 0.717) is 0 Å². The Hall–Kier alpha value is -4.61. The maximum atomic E-state index is 8.33. The van der Waals surface area contributed by atoms with E-state index in [2.05, 4.69) is 118 Å². The summed E-state index contributed by atoms with van der Waals surface area (Å²) in [7, 11) is 0. The molecule has 3 nitrogen and oxygen atoms in total. The van der Waals surface area contributed by atoms with E-state index in [0.717, 1.165) is 55.6 Å². The van der Waals surface area contributed by atoms with Gasteiger partial charge in [-0.3, -0.25) is 0 Å². The molecular formula is C46H40GeIrN2O-2. The molecule has 8 rings (SSSR count). The first kappa shape index (κ1) is 34.8. The Balaban J connectivity index is 0.000000182. The van der Waals surface area contributed by atoms with E-state index in [4.69, 9.17) is 5.79 Å². The Kier molecular flexibility index (Phi) is 10.7. The molecule has 5 aromatic carbocycles. The van der Waals surface area contributed by atoms with Crippen LogP contribution in [0.5, 0.6) is 0 Å². The minimum Gasteiger partial charge on any atom is 0 e. The SMILES string of the molecule is [2H]C(C)(C)c1ccnc(-c2[c-]ccc3c2oc2ccc(-c4ccccc4)cc23)c1.[CH3][Ge]([CH3])([CH3])[c]1ccc(-c2[c-]ccc(-c3ccccc3)c2)nc1.[Ir]. The summed E-state index contributed by atoms with van der Waals surface area (Å²) in [6, 6.07) is 52.1. The first-order valence-corrected chi connectivity index (χ1v) is 24.3. The number of rotatable bonds is 6. The van der Waals surface area contributed by atoms with Gasteiger partial charge in [-0.05, 0) is 40.9 Å². The smallest absolute Gasteiger partial charge is 0 e. The number of benzene rings is 5. The van der Waals surface area contributed by atoms with Crippen LogP contribution >= 0.6 is 0 Å². The predicted octanol–water partition coefficient (Wildman–Crippen LogP) is 12.0. The van der Waals surface area contributed by atoms with E-state index in [1.165, 1.54) is 21.1 Å². The van der Waals surface area contributed by atoms with Crippen molar-refractivity contribution in [3.05, 3.63) is 164 Å². The summed E-state index contributed by atoms with van der Waals surface area (Å²) in [5, 5.41) is 2.12. The van der Waals surface area contributed by atoms with E-state index in [9.17, 15) is 0 Å². The molecule has 0 N–H and O–H groups in total. The molecule has 0 spiro atoms. The average Bonchev–Trinajstić information content (AvgIpc) is 3.54. The predicted molar refractivity (Wildman–Crippen MR) is 212 cm³/mol. The third kappa shape index (κ3) is 8.15. The van der Waals surface area contributed by atoms with Crippen LogP contribution in [0.4, 0.5) is 0 Å². The van der Waals surface area contributed by atoms with Crippen molar-refractivity contribution in [3.8, 4) is 44.8 Å². The first-order chi connectivity index (χ1) is 24.5. The number of aromatic nitrogens is 2. The van der Waals surface area contributed by atoms with Gasteiger partial charge in [0.1, 0.15) is 5.58 Å². The van der Waals surface area contributed by atoms with Gasteiger partial charge in [0, 0.05) is 33.1 Å². The molecule has 0 unspecified atom stereocenters. The van der Waals surface area contributed by atoms with Crippen LogP contribution in [0.3, 0.4) is 0 Å². The summed E-state index contributed by atoms with van der Waals surface area (Å²) in [6.45, 7) is 3.76. The molecule has 0 bridgehead atoms. The van der Waals surface area contributed by atoms with E-state index in [1.807, 2.05) is 74.5 Å². The summed E-state index contributed by atoms with van der Waals surface area (Å²) in [4.78, 5) is 9.20. The van der Waals surface area contributed by atoms with Crippen LogP contribution in [-0.2, 0) is 20.1 Å². The molecule has 0 aliphatic carbocycles. The van der Waals surface area contributed by atoms with Gasteiger partial charge in [-0.1, -0.05) is 72.8 Å². The van der Waals surface area contributed by atoms with Crippen molar-refractivity contribution < 1.29 is 25.9 Å². The van der Waals surface area contributed by atoms with Crippen molar-refractivity contribution in [3.63, 3.8) is 0 Å². The Morgan fingerprint density at radius 2 is 1.33 bits per heavy atom. The number of nitrogens with zero attached hydrogens (tertiary/aromatic N) is 2. The van der Waals surface area contributed by atoms with E-state index in [1.54, 1.807) is 6.20 Å². The Morgan fingerprint density at radius 1 is 0.647 bits per heavy atom. The van der Waals surface area contributed by atoms with Crippen LogP contribution in [0.15, 0.2) is 150 Å². The van der Waals surface area contributed by atoms with Gasteiger partial charge < -0.3 is 9.40 Å². The topological polar surface area (TPSA) is 38.9 Å². The summed E-state index contributed by atoms with van der Waals surface area (Å²) >= 11 is -1.79. The average molecular weight is 903 g/mol. The van der Waals surface area contributed by atoms with Gasteiger partial charge in [0.05, 0.1) is 5.58 Å². The van der Waals surface area contributed by atoms with Crippen LogP contribution in [0.25, 0.3) is 66.7 Å². The van der Waals surface area contributed by atoms with Gasteiger partial charge in [-0.25, -0.2) is 0 Å². The monoisotopic (exact) mass is 904 g/mol. The largest absolute Gasteiger partial charge is 0 e. The van der Waals surface area contributed by atoms with Crippen molar-refractivity contribution in [1.29, 1.82) is 0 Å². The Bertz CT molecular complexity index is 2430. The second kappa shape index (κ2) is 15.7. The van der Waals surface area contributed by atoms with Gasteiger partial charge in [0.15, 0.2) is 0 Å². The molecule has 3 aromatic heterocycles. The van der Waals surface area contributed by atoms with Crippen molar-refractivity contribution in [2.75, 3.05) is 0 Å². The molecule has 0 aliphatic heterocycles. The molecule has 0 fully saturated rings. The molecule has 0 saturated carbocycles. The van der Waals surface area contributed by atoms with Gasteiger partial charge in [-0.15, -0.1) is 18.2 Å². The van der Waals surface area contributed by atoms with E-state index >= 15 is 0 Å². The fourth-order valence-corrected chi connectivity index (χ4v) is 8.21. The zero-order chi connectivity index (χ0) is 35.6. The molecule has 1 radical (unpaired) electrons. The fraction of sp³-hybridized carbons (Fsp3) is 0.130. The van der Waals surface area contributed by atoms with E-state index < -0.39 is 19.2 Å². The van der Waals surface area contributed by atoms with Crippen LogP contribution in [0.1, 0.15) is 26.7 Å². The number of furan rings is 1. The zero-order valence-corrected chi connectivity index (χ0v) is 34.0. The quantitative estimate of drug-likeness (QED) is 0.123. The van der Waals surface area contributed by atoms with Crippen molar-refractivity contribution in [1.82, 2.24) is 9.97 Å². The molecule has 51 heavy (non-hydrogen) atoms. The van der Waals surface area contributed by atoms with Crippen molar-refractivity contribution in [2.45, 2.75) is 37.0 Å². The summed E-state index contributed by atoms with van der Waals surface area (Å²) < 4.78 is 16.0. The fourth-order valence-electron chi connectivity index (χ4n) is 6.04. The Labute approximate surface area is 318 Å². The van der Waals surface area contributed by atoms with Gasteiger partial charge in [0.2, 0.25) is 0 Å². The number of hydrogen-bond donors (Lipinski definition) is 0. The van der Waals surface area contributed by atoms with Crippen LogP contribution in [0, 0.1) is 12.1 Å². The molecule has 8 aromatic rings. The molecule has 0 saturated heterocycles. The normalized spacial score (nSPS) is 11.7. The number of hydrogen-bond acceptors (Lipinski definition) is 3. The third-order valence-electron chi connectivity index (χ3n) is 8.95. The maximum absolute atomic E-state index is 8.33. The standard InChI is InChI=1S/C26H20NO.C20H20GeN.Ir/c1-17(2)19-13-14-27-24(16-19)22-10-6-9-21-23-15-20(18-7-4-3-5-8-18)11-12-25(23)28-26(21)22;1-21(2,3)19-12-13-20(22-15-19)18-11-7-10-17(14-18)16-8-5-4-6-9-16;/h3-9,11-17H,1-2H3;4-10,12-15H,1-3H3;/q2*-1;/i17D;;. The molecule has 5 heteroatoms. The van der Waals surface area contributed by atoms with Crippen molar-refractivity contribution in [2.24, 2.45) is 0 Å². The zero-order valence-electron chi connectivity index (χ0n) is 30.5. The molecule has 0 amide bonds. The Morgan fingerprint density at radius 3 is 1.98 bits per heavy atom. The van der Waals surface area contributed by atoms with Crippen LogP contribution in [-0.4, -0.2) is 23.2 Å². The summed E-state index contributed by atoms with van der Waals surface area (Å²) in [6.07, 6.45) is 3.81. The molecule has 0 aliphatic rings. The number of pyridine rings is 2. The van der Waals surface area contributed by atoms with Gasteiger partial charge in [-0.2, -0.15) is 0 Å². The minimum absolute atomic E-state index is 0. The first-order valence-electron chi connectivity index (χ1n) is 17.5. The van der Waals surface area contributed by atoms with E-state index in [-0.39, 0.29) is 20.1 Å². The molecule has 3 heterocycles. The van der Waals surface area contributed by atoms with Gasteiger partial charge in [0.25, 0.3) is 0 Å². The molecule has 0 atom stereocenters. The second-order valence-electron chi connectivity index (χ2n) is 13.7. The maximum Gasteiger partial charge on any atom is 0 e. The summed E-state index contributed by atoms with van der Waals surface area (Å²) in [5.41, 5.74) is 10.9. The van der Waals surface area contributed by atoms with Crippen LogP contribution in [0.2, 0.25) is 17.3 Å². The molecular weight excluding hydrogens is 861 g/mol. The van der Waals surface area contributed by atoms with Crippen molar-refractivity contribution >= 4 is 39.6 Å². The number of fused-ring (bicyclic) bond motifs is 3. The third-order valence-corrected chi connectivity index (χ3v) is 13.2. The molecule has 255 valence electrons. The minimum atomic E-state index is -1.79. The van der Waals surface area contributed by atoms with Gasteiger partial charge >= 0.3 is 135 Å². The second-order valence-corrected chi connectivity index (χ2v) is 24.4.